The number of hydrogen-bond donors (Lipinski definition) is 0. The van der Waals surface area contributed by atoms with Gasteiger partial charge in [-0.3, -0.25) is 0 Å². The van der Waals surface area contributed by atoms with Gasteiger partial charge in [-0.1, -0.05) is 154 Å². The highest BCUT2D eigenvalue weighted by molar-refractivity contribution is 7.07. The molecule has 2 heteroatoms. The fourth-order valence-corrected chi connectivity index (χ4v) is 8.91. The highest BCUT2D eigenvalue weighted by Gasteiger charge is 2.45. The van der Waals surface area contributed by atoms with E-state index < -0.39 is 8.32 Å². The van der Waals surface area contributed by atoms with Gasteiger partial charge in [0.2, 0.25) is 0 Å². The van der Waals surface area contributed by atoms with E-state index in [-0.39, 0.29) is 5.41 Å². The first kappa shape index (κ1) is 26.4. The maximum atomic E-state index is 7.67. The van der Waals surface area contributed by atoms with Crippen molar-refractivity contribution in [2.45, 2.75) is 40.5 Å². The van der Waals surface area contributed by atoms with Gasteiger partial charge in [0, 0.05) is 5.56 Å². The van der Waals surface area contributed by atoms with E-state index in [2.05, 4.69) is 156 Å². The molecule has 0 amide bonds. The van der Waals surface area contributed by atoms with Crippen LogP contribution in [0.15, 0.2) is 139 Å². The molecule has 0 heterocycles. The van der Waals surface area contributed by atoms with E-state index in [1.54, 1.807) is 0 Å². The Hall–Kier alpha value is -3.62. The SMILES string of the molecule is C=C(C)C/C(CC(C)(C)C)=C(\O[Si](c1ccccc1)(c1ccccc1)c1ccccc1)c1ccccc1. The van der Waals surface area contributed by atoms with Crippen molar-refractivity contribution in [2.75, 3.05) is 0 Å². The Kier molecular flexibility index (Phi) is 8.30. The van der Waals surface area contributed by atoms with Gasteiger partial charge in [0.1, 0.15) is 5.76 Å². The molecule has 4 rings (SSSR count). The highest BCUT2D eigenvalue weighted by Crippen LogP contribution is 2.35. The van der Waals surface area contributed by atoms with E-state index in [1.165, 1.54) is 21.1 Å². The first-order valence-corrected chi connectivity index (χ1v) is 15.0. The predicted molar refractivity (Wildman–Crippen MR) is 162 cm³/mol. The summed E-state index contributed by atoms with van der Waals surface area (Å²) in [5.74, 6) is 0.988. The molecule has 0 saturated heterocycles. The molecule has 0 atom stereocenters. The topological polar surface area (TPSA) is 9.23 Å². The van der Waals surface area contributed by atoms with Crippen molar-refractivity contribution in [3.8, 4) is 0 Å². The molecule has 188 valence electrons. The number of rotatable bonds is 9. The minimum absolute atomic E-state index is 0.102. The van der Waals surface area contributed by atoms with E-state index in [9.17, 15) is 0 Å². The van der Waals surface area contributed by atoms with Crippen molar-refractivity contribution in [3.63, 3.8) is 0 Å². The van der Waals surface area contributed by atoms with Crippen LogP contribution in [0.4, 0.5) is 0 Å². The van der Waals surface area contributed by atoms with E-state index in [0.717, 1.165) is 29.7 Å². The van der Waals surface area contributed by atoms with Crippen LogP contribution >= 0.6 is 0 Å². The van der Waals surface area contributed by atoms with Gasteiger partial charge in [0.05, 0.1) is 0 Å². The van der Waals surface area contributed by atoms with Crippen LogP contribution in [0.25, 0.3) is 5.76 Å². The lowest BCUT2D eigenvalue weighted by atomic mass is 9.84. The summed E-state index contributed by atoms with van der Waals surface area (Å²) in [6.07, 6.45) is 1.73. The molecule has 0 N–H and O–H groups in total. The summed E-state index contributed by atoms with van der Waals surface area (Å²) in [7, 11) is -2.95. The minimum atomic E-state index is -2.95. The molecule has 0 saturated carbocycles. The van der Waals surface area contributed by atoms with Crippen molar-refractivity contribution < 1.29 is 4.43 Å². The van der Waals surface area contributed by atoms with Gasteiger partial charge in [0.25, 0.3) is 0 Å². The van der Waals surface area contributed by atoms with Gasteiger partial charge in [-0.25, -0.2) is 0 Å². The lowest BCUT2D eigenvalue weighted by molar-refractivity contribution is 0.400. The van der Waals surface area contributed by atoms with Crippen molar-refractivity contribution in [1.82, 2.24) is 0 Å². The Morgan fingerprint density at radius 1 is 0.649 bits per heavy atom. The third-order valence-corrected chi connectivity index (χ3v) is 10.4. The fraction of sp³-hybridized carbons (Fsp3) is 0.200. The Morgan fingerprint density at radius 2 is 1.03 bits per heavy atom. The monoisotopic (exact) mass is 502 g/mol. The Labute approximate surface area is 224 Å². The number of allylic oxidation sites excluding steroid dienone is 2. The molecule has 0 radical (unpaired) electrons. The van der Waals surface area contributed by atoms with E-state index in [0.29, 0.717) is 0 Å². The molecular weight excluding hydrogens is 464 g/mol. The lowest BCUT2D eigenvalue weighted by Crippen LogP contribution is -2.69. The smallest absolute Gasteiger partial charge is 0.346 e. The maximum absolute atomic E-state index is 7.67. The third kappa shape index (κ3) is 6.39. The molecule has 4 aromatic carbocycles. The Bertz CT molecular complexity index is 1220. The quantitative estimate of drug-likeness (QED) is 0.0997. The maximum Gasteiger partial charge on any atom is 0.346 e. The molecule has 37 heavy (non-hydrogen) atoms. The van der Waals surface area contributed by atoms with Crippen LogP contribution in [0.1, 0.15) is 46.1 Å². The normalized spacial score (nSPS) is 12.5. The van der Waals surface area contributed by atoms with Crippen LogP contribution < -0.4 is 15.6 Å². The van der Waals surface area contributed by atoms with Crippen LogP contribution in [0.5, 0.6) is 0 Å². The third-order valence-electron chi connectivity index (χ3n) is 6.41. The molecule has 0 bridgehead atoms. The molecule has 0 aliphatic carbocycles. The highest BCUT2D eigenvalue weighted by atomic mass is 28.4. The van der Waals surface area contributed by atoms with Crippen molar-refractivity contribution in [3.05, 3.63) is 145 Å². The zero-order valence-corrected chi connectivity index (χ0v) is 23.6. The minimum Gasteiger partial charge on any atom is -0.530 e. The zero-order valence-electron chi connectivity index (χ0n) is 22.6. The second-order valence-corrected chi connectivity index (χ2v) is 14.3. The van der Waals surface area contributed by atoms with Gasteiger partial charge in [0.15, 0.2) is 0 Å². The largest absolute Gasteiger partial charge is 0.530 e. The van der Waals surface area contributed by atoms with Crippen molar-refractivity contribution in [1.29, 1.82) is 0 Å². The average molecular weight is 503 g/mol. The van der Waals surface area contributed by atoms with Gasteiger partial charge in [-0.15, -0.1) is 0 Å². The van der Waals surface area contributed by atoms with Crippen molar-refractivity contribution in [2.24, 2.45) is 5.41 Å². The van der Waals surface area contributed by atoms with E-state index >= 15 is 0 Å². The van der Waals surface area contributed by atoms with E-state index in [1.807, 2.05) is 0 Å². The summed E-state index contributed by atoms with van der Waals surface area (Å²) >= 11 is 0. The van der Waals surface area contributed by atoms with Gasteiger partial charge in [-0.05, 0) is 46.3 Å². The second-order valence-electron chi connectivity index (χ2n) is 11.1. The van der Waals surface area contributed by atoms with Gasteiger partial charge < -0.3 is 4.43 Å². The standard InChI is InChI=1S/C35H38OSi/c1-28(2)26-30(27-35(3,4)5)34(29-18-10-6-11-19-29)36-37(31-20-12-7-13-21-31,32-22-14-8-15-23-32)33-24-16-9-17-25-33/h6-25H,1,26-27H2,2-5H3/b34-30+. The molecule has 4 aromatic rings. The Morgan fingerprint density at radius 3 is 1.38 bits per heavy atom. The molecule has 0 unspecified atom stereocenters. The number of hydrogen-bond acceptors (Lipinski definition) is 1. The summed E-state index contributed by atoms with van der Waals surface area (Å²) in [5.41, 5.74) is 3.65. The predicted octanol–water partition coefficient (Wildman–Crippen LogP) is 7.48. The summed E-state index contributed by atoms with van der Waals surface area (Å²) < 4.78 is 7.67. The van der Waals surface area contributed by atoms with Gasteiger partial charge >= 0.3 is 8.32 Å². The van der Waals surface area contributed by atoms with Crippen LogP contribution in [0.3, 0.4) is 0 Å². The molecule has 1 nitrogen and oxygen atoms in total. The summed E-state index contributed by atoms with van der Waals surface area (Å²) in [6.45, 7) is 13.3. The zero-order chi connectivity index (χ0) is 26.3. The van der Waals surface area contributed by atoms with Crippen LogP contribution in [-0.4, -0.2) is 8.32 Å². The molecule has 0 spiro atoms. The summed E-state index contributed by atoms with van der Waals surface area (Å²) in [4.78, 5) is 0. The van der Waals surface area contributed by atoms with Crippen LogP contribution in [-0.2, 0) is 4.43 Å². The Balaban J connectivity index is 2.08. The fourth-order valence-electron chi connectivity index (χ4n) is 5.00. The molecule has 0 aliphatic heterocycles. The van der Waals surface area contributed by atoms with Gasteiger partial charge in [-0.2, -0.15) is 0 Å². The molecule has 0 fully saturated rings. The second kappa shape index (κ2) is 11.6. The van der Waals surface area contributed by atoms with Crippen molar-refractivity contribution >= 4 is 29.6 Å². The summed E-state index contributed by atoms with van der Waals surface area (Å²) in [5, 5.41) is 3.68. The average Bonchev–Trinajstić information content (AvgIpc) is 2.90. The first-order valence-electron chi connectivity index (χ1n) is 13.1. The molecule has 0 aromatic heterocycles. The van der Waals surface area contributed by atoms with Crippen LogP contribution in [0.2, 0.25) is 0 Å². The first-order chi connectivity index (χ1) is 17.8. The molecule has 0 aliphatic rings. The summed E-state index contributed by atoms with van der Waals surface area (Å²) in [6, 6.07) is 43.0. The number of benzene rings is 4. The molecular formula is C35H38OSi. The lowest BCUT2D eigenvalue weighted by Gasteiger charge is -2.36. The van der Waals surface area contributed by atoms with Crippen LogP contribution in [0, 0.1) is 5.41 Å². The van der Waals surface area contributed by atoms with E-state index in [4.69, 9.17) is 4.43 Å².